The van der Waals surface area contributed by atoms with Crippen molar-refractivity contribution in [1.82, 2.24) is 15.5 Å². The van der Waals surface area contributed by atoms with Gasteiger partial charge >= 0.3 is 6.18 Å². The number of nitrogens with zero attached hydrogens (tertiary/aromatic N) is 1. The largest absolute Gasteiger partial charge is 0.401 e. The van der Waals surface area contributed by atoms with Gasteiger partial charge in [0, 0.05) is 12.2 Å². The number of aromatic amines is 1. The number of aryl methyl sites for hydroxylation is 1. The van der Waals surface area contributed by atoms with Gasteiger partial charge < -0.3 is 5.32 Å². The van der Waals surface area contributed by atoms with Crippen LogP contribution in [0.1, 0.15) is 11.4 Å². The minimum absolute atomic E-state index is 0.129. The molecule has 0 radical (unpaired) electrons. The molecule has 1 aromatic rings. The van der Waals surface area contributed by atoms with Gasteiger partial charge in [-0.15, -0.1) is 0 Å². The van der Waals surface area contributed by atoms with Crippen LogP contribution in [-0.4, -0.2) is 22.9 Å². The van der Waals surface area contributed by atoms with Crippen molar-refractivity contribution in [3.8, 4) is 0 Å². The molecule has 2 N–H and O–H groups in total. The summed E-state index contributed by atoms with van der Waals surface area (Å²) in [4.78, 5) is 0. The van der Waals surface area contributed by atoms with E-state index in [9.17, 15) is 13.2 Å². The minimum Gasteiger partial charge on any atom is -0.303 e. The van der Waals surface area contributed by atoms with E-state index in [0.29, 0.717) is 5.69 Å². The molecule has 0 bridgehead atoms. The Bertz CT molecular complexity index is 266. The summed E-state index contributed by atoms with van der Waals surface area (Å²) in [6.45, 7) is 0.934. The van der Waals surface area contributed by atoms with Gasteiger partial charge in [0.15, 0.2) is 0 Å². The van der Waals surface area contributed by atoms with Crippen LogP contribution >= 0.6 is 0 Å². The van der Waals surface area contributed by atoms with E-state index in [-0.39, 0.29) is 6.54 Å². The molecule has 74 valence electrons. The molecule has 1 heterocycles. The van der Waals surface area contributed by atoms with Crippen molar-refractivity contribution in [3.63, 3.8) is 0 Å². The molecule has 0 aliphatic carbocycles. The molecular formula is C7H10F3N3. The standard InChI is InChI=1S/C7H10F3N3/c1-5-2-6(13-12-5)3-11-4-7(8,9)10/h2,11H,3-4H2,1H3,(H,12,13). The third-order valence-corrected chi connectivity index (χ3v) is 1.39. The number of hydrogen-bond acceptors (Lipinski definition) is 2. The van der Waals surface area contributed by atoms with Gasteiger partial charge in [-0.2, -0.15) is 18.3 Å². The van der Waals surface area contributed by atoms with Crippen molar-refractivity contribution >= 4 is 0 Å². The Labute approximate surface area is 73.3 Å². The van der Waals surface area contributed by atoms with Crippen LogP contribution < -0.4 is 5.32 Å². The van der Waals surface area contributed by atoms with Gasteiger partial charge in [-0.3, -0.25) is 5.10 Å². The highest BCUT2D eigenvalue weighted by Crippen LogP contribution is 2.12. The number of aromatic nitrogens is 2. The van der Waals surface area contributed by atoms with Gasteiger partial charge in [0.2, 0.25) is 0 Å². The first-order valence-electron chi connectivity index (χ1n) is 3.76. The molecule has 0 atom stereocenters. The van der Waals surface area contributed by atoms with E-state index in [1.165, 1.54) is 0 Å². The Morgan fingerprint density at radius 3 is 2.69 bits per heavy atom. The molecule has 0 saturated heterocycles. The summed E-state index contributed by atoms with van der Waals surface area (Å²) in [6, 6.07) is 1.70. The van der Waals surface area contributed by atoms with E-state index in [1.54, 1.807) is 13.0 Å². The first-order chi connectivity index (χ1) is 5.97. The van der Waals surface area contributed by atoms with Crippen LogP contribution in [0, 0.1) is 6.92 Å². The highest BCUT2D eigenvalue weighted by molar-refractivity contribution is 5.06. The lowest BCUT2D eigenvalue weighted by atomic mass is 10.4. The van der Waals surface area contributed by atoms with Crippen LogP contribution in [0.4, 0.5) is 13.2 Å². The van der Waals surface area contributed by atoms with E-state index in [4.69, 9.17) is 0 Å². The molecule has 0 spiro atoms. The highest BCUT2D eigenvalue weighted by atomic mass is 19.4. The zero-order valence-electron chi connectivity index (χ0n) is 7.07. The predicted octanol–water partition coefficient (Wildman–Crippen LogP) is 1.37. The van der Waals surface area contributed by atoms with Crippen molar-refractivity contribution in [2.24, 2.45) is 0 Å². The normalized spacial score (nSPS) is 12.0. The smallest absolute Gasteiger partial charge is 0.303 e. The summed E-state index contributed by atoms with van der Waals surface area (Å²) < 4.78 is 35.0. The van der Waals surface area contributed by atoms with Gasteiger partial charge in [0.05, 0.1) is 12.2 Å². The molecule has 6 heteroatoms. The monoisotopic (exact) mass is 193 g/mol. The van der Waals surface area contributed by atoms with Crippen LogP contribution in [0.25, 0.3) is 0 Å². The molecule has 0 fully saturated rings. The fraction of sp³-hybridized carbons (Fsp3) is 0.571. The van der Waals surface area contributed by atoms with Crippen molar-refractivity contribution < 1.29 is 13.2 Å². The molecule has 0 aromatic carbocycles. The molecular weight excluding hydrogens is 183 g/mol. The predicted molar refractivity (Wildman–Crippen MR) is 41.1 cm³/mol. The third kappa shape index (κ3) is 3.93. The minimum atomic E-state index is -4.16. The summed E-state index contributed by atoms with van der Waals surface area (Å²) in [7, 11) is 0. The summed E-state index contributed by atoms with van der Waals surface area (Å²) in [6.07, 6.45) is -4.16. The molecule has 0 saturated carbocycles. The third-order valence-electron chi connectivity index (χ3n) is 1.39. The van der Waals surface area contributed by atoms with Gasteiger partial charge in [0.1, 0.15) is 0 Å². The van der Waals surface area contributed by atoms with Crippen LogP contribution in [0.5, 0.6) is 0 Å². The maximum Gasteiger partial charge on any atom is 0.401 e. The lowest BCUT2D eigenvalue weighted by Crippen LogP contribution is -2.28. The van der Waals surface area contributed by atoms with E-state index < -0.39 is 12.7 Å². The van der Waals surface area contributed by atoms with Crippen molar-refractivity contribution in [2.45, 2.75) is 19.6 Å². The molecule has 0 aliphatic rings. The van der Waals surface area contributed by atoms with Crippen LogP contribution in [0.2, 0.25) is 0 Å². The van der Waals surface area contributed by atoms with E-state index in [0.717, 1.165) is 5.69 Å². The second-order valence-corrected chi connectivity index (χ2v) is 2.76. The van der Waals surface area contributed by atoms with E-state index in [1.807, 2.05) is 0 Å². The maximum atomic E-state index is 11.7. The van der Waals surface area contributed by atoms with Crippen molar-refractivity contribution in [1.29, 1.82) is 0 Å². The SMILES string of the molecule is Cc1cc(CNCC(F)(F)F)n[nH]1. The number of rotatable bonds is 3. The van der Waals surface area contributed by atoms with Crippen molar-refractivity contribution in [3.05, 3.63) is 17.5 Å². The van der Waals surface area contributed by atoms with E-state index >= 15 is 0 Å². The average molecular weight is 193 g/mol. The fourth-order valence-electron chi connectivity index (χ4n) is 0.897. The number of alkyl halides is 3. The summed E-state index contributed by atoms with van der Waals surface area (Å²) in [5.41, 5.74) is 1.42. The summed E-state index contributed by atoms with van der Waals surface area (Å²) in [5.74, 6) is 0. The zero-order chi connectivity index (χ0) is 9.90. The molecule has 1 rings (SSSR count). The highest BCUT2D eigenvalue weighted by Gasteiger charge is 2.26. The molecule has 3 nitrogen and oxygen atoms in total. The number of hydrogen-bond donors (Lipinski definition) is 2. The van der Waals surface area contributed by atoms with Crippen molar-refractivity contribution in [2.75, 3.05) is 6.54 Å². The quantitative estimate of drug-likeness (QED) is 0.761. The number of halogens is 3. The first-order valence-corrected chi connectivity index (χ1v) is 3.76. The Balaban J connectivity index is 2.28. The maximum absolute atomic E-state index is 11.7. The molecule has 13 heavy (non-hydrogen) atoms. The van der Waals surface area contributed by atoms with Crippen LogP contribution in [0.15, 0.2) is 6.07 Å². The summed E-state index contributed by atoms with van der Waals surface area (Å²) >= 11 is 0. The fourth-order valence-corrected chi connectivity index (χ4v) is 0.897. The molecule has 0 amide bonds. The van der Waals surface area contributed by atoms with E-state index in [2.05, 4.69) is 15.5 Å². The molecule has 1 aromatic heterocycles. The zero-order valence-corrected chi connectivity index (χ0v) is 7.07. The Kier molecular flexibility index (Phi) is 2.92. The summed E-state index contributed by atoms with van der Waals surface area (Å²) in [5, 5.41) is 8.67. The van der Waals surface area contributed by atoms with Gasteiger partial charge in [-0.1, -0.05) is 0 Å². The second-order valence-electron chi connectivity index (χ2n) is 2.76. The lowest BCUT2D eigenvalue weighted by Gasteiger charge is -2.05. The molecule has 0 unspecified atom stereocenters. The lowest BCUT2D eigenvalue weighted by molar-refractivity contribution is -0.125. The average Bonchev–Trinajstić information content (AvgIpc) is 2.33. The topological polar surface area (TPSA) is 40.7 Å². The molecule has 0 aliphatic heterocycles. The Morgan fingerprint density at radius 2 is 2.23 bits per heavy atom. The first kappa shape index (κ1) is 10.0. The number of H-pyrrole nitrogens is 1. The van der Waals surface area contributed by atoms with Crippen LogP contribution in [-0.2, 0) is 6.54 Å². The Hall–Kier alpha value is -1.04. The number of nitrogens with one attached hydrogen (secondary N) is 2. The Morgan fingerprint density at radius 1 is 1.54 bits per heavy atom. The second kappa shape index (κ2) is 3.78. The van der Waals surface area contributed by atoms with Gasteiger partial charge in [0.25, 0.3) is 0 Å². The van der Waals surface area contributed by atoms with Crippen LogP contribution in [0.3, 0.4) is 0 Å². The van der Waals surface area contributed by atoms with Gasteiger partial charge in [-0.25, -0.2) is 0 Å². The van der Waals surface area contributed by atoms with Gasteiger partial charge in [-0.05, 0) is 13.0 Å².